The van der Waals surface area contributed by atoms with Crippen LogP contribution in [0.3, 0.4) is 0 Å². The summed E-state index contributed by atoms with van der Waals surface area (Å²) < 4.78 is 7.25. The van der Waals surface area contributed by atoms with Crippen LogP contribution >= 0.6 is 11.3 Å². The molecule has 3 rings (SSSR count). The normalized spacial score (nSPS) is 16.0. The summed E-state index contributed by atoms with van der Waals surface area (Å²) >= 11 is 1.61. The number of rotatable bonds is 5. The third-order valence-corrected chi connectivity index (χ3v) is 5.32. The Bertz CT molecular complexity index is 675. The Morgan fingerprint density at radius 1 is 1.39 bits per heavy atom. The lowest BCUT2D eigenvalue weighted by molar-refractivity contribution is -0.133. The second-order valence-corrected chi connectivity index (χ2v) is 7.20. The van der Waals surface area contributed by atoms with Gasteiger partial charge in [-0.1, -0.05) is 36.8 Å². The van der Waals surface area contributed by atoms with Crippen LogP contribution in [0, 0.1) is 6.92 Å². The summed E-state index contributed by atoms with van der Waals surface area (Å²) in [7, 11) is 0. The molecule has 1 saturated heterocycles. The number of aromatic nitrogens is 1. The minimum Gasteiger partial charge on any atom is -0.467 e. The van der Waals surface area contributed by atoms with E-state index in [1.807, 2.05) is 4.90 Å². The molecule has 1 amide bonds. The molecule has 1 aliphatic rings. The minimum absolute atomic E-state index is 0.172. The molecule has 0 atom stereocenters. The van der Waals surface area contributed by atoms with E-state index in [4.69, 9.17) is 4.74 Å². The van der Waals surface area contributed by atoms with Crippen molar-refractivity contribution in [2.24, 2.45) is 0 Å². The standard InChI is InChI=1S/C18H24N2O2S/c1-3-4-8-16(21)20-11-9-14(10-12-20)22-18-19-17-13(2)6-5-7-15(17)23-18/h5-7,14H,3-4,8-12H2,1-2H3. The van der Waals surface area contributed by atoms with Gasteiger partial charge in [-0.3, -0.25) is 4.79 Å². The van der Waals surface area contributed by atoms with Crippen molar-refractivity contribution in [3.63, 3.8) is 0 Å². The van der Waals surface area contributed by atoms with Gasteiger partial charge in [-0.05, 0) is 25.0 Å². The third kappa shape index (κ3) is 3.83. The molecule has 124 valence electrons. The Morgan fingerprint density at radius 2 is 2.17 bits per heavy atom. The number of aryl methyl sites for hydroxylation is 1. The van der Waals surface area contributed by atoms with Gasteiger partial charge in [-0.25, -0.2) is 4.98 Å². The number of carbonyl (C=O) groups excluding carboxylic acids is 1. The first-order valence-electron chi connectivity index (χ1n) is 8.48. The average molecular weight is 332 g/mol. The number of hydrogen-bond acceptors (Lipinski definition) is 4. The SMILES string of the molecule is CCCCC(=O)N1CCC(Oc2nc3c(C)cccc3s2)CC1. The highest BCUT2D eigenvalue weighted by atomic mass is 32.1. The van der Waals surface area contributed by atoms with E-state index in [2.05, 4.69) is 37.0 Å². The fourth-order valence-electron chi connectivity index (χ4n) is 2.97. The van der Waals surface area contributed by atoms with E-state index in [1.165, 1.54) is 10.3 Å². The molecule has 0 bridgehead atoms. The van der Waals surface area contributed by atoms with Crippen LogP contribution in [0.1, 0.15) is 44.6 Å². The van der Waals surface area contributed by atoms with Crippen LogP contribution in [0.2, 0.25) is 0 Å². The molecule has 23 heavy (non-hydrogen) atoms. The van der Waals surface area contributed by atoms with Crippen LogP contribution in [0.15, 0.2) is 18.2 Å². The van der Waals surface area contributed by atoms with E-state index in [0.717, 1.165) is 49.5 Å². The van der Waals surface area contributed by atoms with Crippen molar-refractivity contribution in [2.75, 3.05) is 13.1 Å². The van der Waals surface area contributed by atoms with Gasteiger partial charge in [-0.15, -0.1) is 0 Å². The molecule has 0 saturated carbocycles. The molecule has 0 aliphatic carbocycles. The Kier molecular flexibility index (Phi) is 5.16. The predicted octanol–water partition coefficient (Wildman–Crippen LogP) is 4.16. The highest BCUT2D eigenvalue weighted by Crippen LogP contribution is 2.31. The quantitative estimate of drug-likeness (QED) is 0.825. The second kappa shape index (κ2) is 7.30. The monoisotopic (exact) mass is 332 g/mol. The Hall–Kier alpha value is -1.62. The summed E-state index contributed by atoms with van der Waals surface area (Å²) in [5.41, 5.74) is 2.23. The van der Waals surface area contributed by atoms with E-state index in [9.17, 15) is 4.79 Å². The van der Waals surface area contributed by atoms with Crippen molar-refractivity contribution < 1.29 is 9.53 Å². The van der Waals surface area contributed by atoms with Crippen molar-refractivity contribution >= 4 is 27.5 Å². The summed E-state index contributed by atoms with van der Waals surface area (Å²) in [6.07, 6.45) is 4.70. The second-order valence-electron chi connectivity index (χ2n) is 6.20. The molecule has 0 unspecified atom stereocenters. The molecule has 0 N–H and O–H groups in total. The summed E-state index contributed by atoms with van der Waals surface area (Å²) in [5.74, 6) is 0.293. The van der Waals surface area contributed by atoms with E-state index < -0.39 is 0 Å². The van der Waals surface area contributed by atoms with Crippen LogP contribution in [-0.4, -0.2) is 35.0 Å². The van der Waals surface area contributed by atoms with Gasteiger partial charge in [0.1, 0.15) is 6.10 Å². The van der Waals surface area contributed by atoms with Crippen molar-refractivity contribution in [3.8, 4) is 5.19 Å². The number of carbonyl (C=O) groups is 1. The number of unbranched alkanes of at least 4 members (excludes halogenated alkanes) is 1. The Labute approximate surface area is 141 Å². The highest BCUT2D eigenvalue weighted by molar-refractivity contribution is 7.20. The zero-order valence-corrected chi connectivity index (χ0v) is 14.7. The lowest BCUT2D eigenvalue weighted by Crippen LogP contribution is -2.41. The molecular weight excluding hydrogens is 308 g/mol. The fraction of sp³-hybridized carbons (Fsp3) is 0.556. The number of nitrogens with zero attached hydrogens (tertiary/aromatic N) is 2. The van der Waals surface area contributed by atoms with Crippen LogP contribution < -0.4 is 4.74 Å². The topological polar surface area (TPSA) is 42.4 Å². The first kappa shape index (κ1) is 16.2. The number of amides is 1. The van der Waals surface area contributed by atoms with E-state index in [-0.39, 0.29) is 6.10 Å². The van der Waals surface area contributed by atoms with Crippen molar-refractivity contribution in [2.45, 2.75) is 52.1 Å². The molecule has 2 aromatic rings. The fourth-order valence-corrected chi connectivity index (χ4v) is 3.93. The molecular formula is C18H24N2O2S. The number of hydrogen-bond donors (Lipinski definition) is 0. The lowest BCUT2D eigenvalue weighted by Gasteiger charge is -2.31. The molecule has 5 heteroatoms. The number of ether oxygens (including phenoxy) is 1. The van der Waals surface area contributed by atoms with Gasteiger partial charge < -0.3 is 9.64 Å². The smallest absolute Gasteiger partial charge is 0.274 e. The zero-order valence-electron chi connectivity index (χ0n) is 13.9. The minimum atomic E-state index is 0.172. The van der Waals surface area contributed by atoms with Gasteiger partial charge in [0.05, 0.1) is 10.2 Å². The molecule has 2 heterocycles. The molecule has 1 aromatic heterocycles. The van der Waals surface area contributed by atoms with Crippen LogP contribution in [0.4, 0.5) is 0 Å². The van der Waals surface area contributed by atoms with Crippen molar-refractivity contribution in [3.05, 3.63) is 23.8 Å². The first-order chi connectivity index (χ1) is 11.2. The molecule has 4 nitrogen and oxygen atoms in total. The van der Waals surface area contributed by atoms with Crippen LogP contribution in [0.5, 0.6) is 5.19 Å². The maximum absolute atomic E-state index is 12.1. The molecule has 1 fully saturated rings. The number of thiazole rings is 1. The van der Waals surface area contributed by atoms with Crippen molar-refractivity contribution in [1.82, 2.24) is 9.88 Å². The van der Waals surface area contributed by atoms with Gasteiger partial charge >= 0.3 is 0 Å². The number of piperidine rings is 1. The van der Waals surface area contributed by atoms with Gasteiger partial charge in [-0.2, -0.15) is 0 Å². The molecule has 0 radical (unpaired) electrons. The summed E-state index contributed by atoms with van der Waals surface area (Å²) in [6, 6.07) is 6.22. The lowest BCUT2D eigenvalue weighted by atomic mass is 10.1. The maximum atomic E-state index is 12.1. The van der Waals surface area contributed by atoms with Gasteiger partial charge in [0.15, 0.2) is 0 Å². The van der Waals surface area contributed by atoms with Gasteiger partial charge in [0.2, 0.25) is 5.91 Å². The van der Waals surface area contributed by atoms with Gasteiger partial charge in [0, 0.05) is 32.4 Å². The van der Waals surface area contributed by atoms with Gasteiger partial charge in [0.25, 0.3) is 5.19 Å². The number of fused-ring (bicyclic) bond motifs is 1. The van der Waals surface area contributed by atoms with Crippen LogP contribution in [0.25, 0.3) is 10.2 Å². The number of likely N-dealkylation sites (tertiary alicyclic amines) is 1. The van der Waals surface area contributed by atoms with E-state index in [0.29, 0.717) is 12.3 Å². The third-order valence-electron chi connectivity index (χ3n) is 4.41. The average Bonchev–Trinajstić information content (AvgIpc) is 2.97. The zero-order chi connectivity index (χ0) is 16.2. The Morgan fingerprint density at radius 3 is 2.87 bits per heavy atom. The predicted molar refractivity (Wildman–Crippen MR) is 94.1 cm³/mol. The summed E-state index contributed by atoms with van der Waals surface area (Å²) in [5, 5.41) is 0.755. The van der Waals surface area contributed by atoms with Crippen molar-refractivity contribution in [1.29, 1.82) is 0 Å². The highest BCUT2D eigenvalue weighted by Gasteiger charge is 2.24. The Balaban J connectivity index is 1.55. The molecule has 1 aliphatic heterocycles. The summed E-state index contributed by atoms with van der Waals surface area (Å²) in [6.45, 7) is 5.80. The maximum Gasteiger partial charge on any atom is 0.274 e. The van der Waals surface area contributed by atoms with Crippen LogP contribution in [-0.2, 0) is 4.79 Å². The molecule has 0 spiro atoms. The number of benzene rings is 1. The van der Waals surface area contributed by atoms with E-state index in [1.54, 1.807) is 11.3 Å². The molecule has 1 aromatic carbocycles. The largest absolute Gasteiger partial charge is 0.467 e. The first-order valence-corrected chi connectivity index (χ1v) is 9.29. The summed E-state index contributed by atoms with van der Waals surface area (Å²) in [4.78, 5) is 18.7. The number of para-hydroxylation sites is 1. The van der Waals surface area contributed by atoms with E-state index >= 15 is 0 Å².